The van der Waals surface area contributed by atoms with Crippen LogP contribution in [0.3, 0.4) is 0 Å². The Hall–Kier alpha value is -1.50. The van der Waals surface area contributed by atoms with E-state index in [1.807, 2.05) is 12.1 Å². The third-order valence-corrected chi connectivity index (χ3v) is 4.60. The predicted octanol–water partition coefficient (Wildman–Crippen LogP) is 2.45. The van der Waals surface area contributed by atoms with E-state index in [0.717, 1.165) is 49.5 Å². The third-order valence-electron chi connectivity index (χ3n) is 4.60. The molecule has 0 amide bonds. The number of rotatable bonds is 7. The second-order valence-corrected chi connectivity index (χ2v) is 6.12. The Kier molecular flexibility index (Phi) is 5.81. The maximum Gasteiger partial charge on any atom is 0.171 e. The van der Waals surface area contributed by atoms with Crippen molar-refractivity contribution in [2.24, 2.45) is 0 Å². The molecule has 3 rings (SSSR count). The first-order valence-corrected chi connectivity index (χ1v) is 8.59. The van der Waals surface area contributed by atoms with Crippen molar-refractivity contribution in [1.29, 1.82) is 0 Å². The van der Waals surface area contributed by atoms with Gasteiger partial charge >= 0.3 is 0 Å². The van der Waals surface area contributed by atoms with E-state index in [1.54, 1.807) is 14.2 Å². The van der Waals surface area contributed by atoms with Crippen LogP contribution < -0.4 is 14.4 Å². The molecule has 0 aliphatic carbocycles. The molecule has 24 heavy (non-hydrogen) atoms. The van der Waals surface area contributed by atoms with Crippen molar-refractivity contribution in [3.63, 3.8) is 0 Å². The fourth-order valence-corrected chi connectivity index (χ4v) is 3.25. The average Bonchev–Trinajstić information content (AvgIpc) is 3.07. The van der Waals surface area contributed by atoms with Crippen LogP contribution in [-0.4, -0.2) is 59.5 Å². The molecule has 0 saturated carbocycles. The van der Waals surface area contributed by atoms with Gasteiger partial charge in [-0.2, -0.15) is 0 Å². The molecule has 0 aromatic heterocycles. The molecule has 1 spiro atoms. The topological polar surface area (TPSA) is 49.4 Å². The number of ether oxygens (including phenoxy) is 5. The Bertz CT molecular complexity index is 520. The highest BCUT2D eigenvalue weighted by molar-refractivity contribution is 5.56. The quantitative estimate of drug-likeness (QED) is 0.713. The zero-order chi connectivity index (χ0) is 16.8. The SMILES string of the molecule is COCCCOc1ccc(N2CCC3(CC2)OCCO3)cc1OC. The second kappa shape index (κ2) is 8.05. The molecule has 2 saturated heterocycles. The predicted molar refractivity (Wildman–Crippen MR) is 91.1 cm³/mol. The smallest absolute Gasteiger partial charge is 0.171 e. The molecule has 2 aliphatic rings. The third kappa shape index (κ3) is 3.94. The molecule has 134 valence electrons. The molecule has 2 heterocycles. The fraction of sp³-hybridized carbons (Fsp3) is 0.667. The van der Waals surface area contributed by atoms with Gasteiger partial charge in [-0.05, 0) is 12.1 Å². The lowest BCUT2D eigenvalue weighted by atomic mass is 10.0. The first-order chi connectivity index (χ1) is 11.8. The van der Waals surface area contributed by atoms with Crippen molar-refractivity contribution in [3.8, 4) is 11.5 Å². The van der Waals surface area contributed by atoms with E-state index in [9.17, 15) is 0 Å². The number of nitrogens with zero attached hydrogens (tertiary/aromatic N) is 1. The van der Waals surface area contributed by atoms with Gasteiger partial charge in [0.1, 0.15) is 0 Å². The number of piperidine rings is 1. The summed E-state index contributed by atoms with van der Waals surface area (Å²) in [5.74, 6) is 1.19. The van der Waals surface area contributed by atoms with Crippen LogP contribution in [-0.2, 0) is 14.2 Å². The first-order valence-electron chi connectivity index (χ1n) is 8.59. The van der Waals surface area contributed by atoms with Crippen LogP contribution >= 0.6 is 0 Å². The van der Waals surface area contributed by atoms with Crippen LogP contribution in [0.4, 0.5) is 5.69 Å². The first kappa shape index (κ1) is 17.3. The minimum atomic E-state index is -0.342. The van der Waals surface area contributed by atoms with Crippen molar-refractivity contribution in [3.05, 3.63) is 18.2 Å². The highest BCUT2D eigenvalue weighted by atomic mass is 16.7. The van der Waals surface area contributed by atoms with E-state index in [-0.39, 0.29) is 5.79 Å². The summed E-state index contributed by atoms with van der Waals surface area (Å²) in [5.41, 5.74) is 1.14. The number of benzene rings is 1. The molecule has 2 fully saturated rings. The summed E-state index contributed by atoms with van der Waals surface area (Å²) < 4.78 is 27.9. The van der Waals surface area contributed by atoms with Crippen molar-refractivity contribution in [1.82, 2.24) is 0 Å². The Balaban J connectivity index is 1.60. The highest BCUT2D eigenvalue weighted by Gasteiger charge is 2.39. The van der Waals surface area contributed by atoms with E-state index in [0.29, 0.717) is 26.4 Å². The molecule has 0 unspecified atom stereocenters. The Morgan fingerprint density at radius 3 is 2.46 bits per heavy atom. The Morgan fingerprint density at radius 2 is 1.79 bits per heavy atom. The molecule has 0 atom stereocenters. The average molecular weight is 337 g/mol. The zero-order valence-corrected chi connectivity index (χ0v) is 14.6. The maximum atomic E-state index is 5.79. The van der Waals surface area contributed by atoms with E-state index in [1.165, 1.54) is 0 Å². The number of methoxy groups -OCH3 is 2. The molecule has 0 radical (unpaired) electrons. The number of anilines is 1. The zero-order valence-electron chi connectivity index (χ0n) is 14.6. The molecular weight excluding hydrogens is 310 g/mol. The fourth-order valence-electron chi connectivity index (χ4n) is 3.25. The van der Waals surface area contributed by atoms with Crippen LogP contribution in [0.25, 0.3) is 0 Å². The van der Waals surface area contributed by atoms with Gasteiger partial charge in [0.05, 0.1) is 26.9 Å². The summed E-state index contributed by atoms with van der Waals surface area (Å²) in [5, 5.41) is 0. The van der Waals surface area contributed by atoms with Gasteiger partial charge in [-0.1, -0.05) is 0 Å². The van der Waals surface area contributed by atoms with Crippen molar-refractivity contribution >= 4 is 5.69 Å². The van der Waals surface area contributed by atoms with E-state index in [2.05, 4.69) is 11.0 Å². The van der Waals surface area contributed by atoms with Gasteiger partial charge in [-0.25, -0.2) is 0 Å². The van der Waals surface area contributed by atoms with E-state index in [4.69, 9.17) is 23.7 Å². The van der Waals surface area contributed by atoms with Crippen LogP contribution in [0.2, 0.25) is 0 Å². The molecular formula is C18H27NO5. The standard InChI is InChI=1S/C18H27NO5/c1-20-10-3-11-22-16-5-4-15(14-17(16)21-2)19-8-6-18(7-9-19)23-12-13-24-18/h4-5,14H,3,6-13H2,1-2H3. The highest BCUT2D eigenvalue weighted by Crippen LogP contribution is 2.36. The lowest BCUT2D eigenvalue weighted by Crippen LogP contribution is -2.45. The van der Waals surface area contributed by atoms with Gasteiger partial charge in [0.25, 0.3) is 0 Å². The summed E-state index contributed by atoms with van der Waals surface area (Å²) in [7, 11) is 3.37. The normalized spacial score (nSPS) is 19.7. The van der Waals surface area contributed by atoms with Gasteiger partial charge in [-0.15, -0.1) is 0 Å². The minimum absolute atomic E-state index is 0.342. The van der Waals surface area contributed by atoms with Crippen molar-refractivity contribution in [2.75, 3.05) is 58.6 Å². The van der Waals surface area contributed by atoms with Crippen LogP contribution in [0, 0.1) is 0 Å². The molecule has 1 aromatic rings. The molecule has 6 nitrogen and oxygen atoms in total. The van der Waals surface area contributed by atoms with Crippen molar-refractivity contribution < 1.29 is 23.7 Å². The maximum absolute atomic E-state index is 5.79. The lowest BCUT2D eigenvalue weighted by molar-refractivity contribution is -0.169. The lowest BCUT2D eigenvalue weighted by Gasteiger charge is -2.38. The largest absolute Gasteiger partial charge is 0.493 e. The van der Waals surface area contributed by atoms with Gasteiger partial charge in [0, 0.05) is 57.8 Å². The van der Waals surface area contributed by atoms with Gasteiger partial charge < -0.3 is 28.6 Å². The van der Waals surface area contributed by atoms with Crippen molar-refractivity contribution in [2.45, 2.75) is 25.0 Å². The van der Waals surface area contributed by atoms with E-state index >= 15 is 0 Å². The molecule has 6 heteroatoms. The van der Waals surface area contributed by atoms with Crippen LogP contribution in [0.5, 0.6) is 11.5 Å². The minimum Gasteiger partial charge on any atom is -0.493 e. The monoisotopic (exact) mass is 337 g/mol. The summed E-state index contributed by atoms with van der Waals surface area (Å²) in [6.07, 6.45) is 2.64. The van der Waals surface area contributed by atoms with Crippen LogP contribution in [0.15, 0.2) is 18.2 Å². The van der Waals surface area contributed by atoms with Crippen LogP contribution in [0.1, 0.15) is 19.3 Å². The Morgan fingerprint density at radius 1 is 1.04 bits per heavy atom. The summed E-state index contributed by atoms with van der Waals surface area (Å²) in [6.45, 7) is 4.56. The Labute approximate surface area is 143 Å². The molecule has 1 aromatic carbocycles. The van der Waals surface area contributed by atoms with Gasteiger partial charge in [-0.3, -0.25) is 0 Å². The summed E-state index contributed by atoms with van der Waals surface area (Å²) in [4.78, 5) is 2.34. The summed E-state index contributed by atoms with van der Waals surface area (Å²) >= 11 is 0. The molecule has 0 N–H and O–H groups in total. The van der Waals surface area contributed by atoms with Gasteiger partial charge in [0.15, 0.2) is 17.3 Å². The number of hydrogen-bond donors (Lipinski definition) is 0. The summed E-state index contributed by atoms with van der Waals surface area (Å²) in [6, 6.07) is 6.11. The second-order valence-electron chi connectivity index (χ2n) is 6.12. The van der Waals surface area contributed by atoms with E-state index < -0.39 is 0 Å². The molecule has 2 aliphatic heterocycles. The number of hydrogen-bond acceptors (Lipinski definition) is 6. The van der Waals surface area contributed by atoms with Gasteiger partial charge in [0.2, 0.25) is 0 Å². The molecule has 0 bridgehead atoms.